The van der Waals surface area contributed by atoms with E-state index < -0.39 is 5.97 Å². The molecular formula is C24H18BrClN2O4S. The van der Waals surface area contributed by atoms with Gasteiger partial charge in [0.2, 0.25) is 0 Å². The summed E-state index contributed by atoms with van der Waals surface area (Å²) in [6.45, 7) is 3.99. The second kappa shape index (κ2) is 9.59. The quantitative estimate of drug-likeness (QED) is 0.293. The van der Waals surface area contributed by atoms with E-state index in [-0.39, 0.29) is 5.91 Å². The van der Waals surface area contributed by atoms with E-state index in [1.54, 1.807) is 36.4 Å². The van der Waals surface area contributed by atoms with Gasteiger partial charge in [0.25, 0.3) is 5.91 Å². The number of furan rings is 1. The molecule has 6 nitrogen and oxygen atoms in total. The number of thioether (sulfide) groups is 1. The zero-order valence-electron chi connectivity index (χ0n) is 17.9. The topological polar surface area (TPSA) is 80.9 Å². The van der Waals surface area contributed by atoms with E-state index in [9.17, 15) is 9.59 Å². The van der Waals surface area contributed by atoms with E-state index in [0.717, 1.165) is 21.3 Å². The van der Waals surface area contributed by atoms with Gasteiger partial charge in [-0.05, 0) is 79.2 Å². The van der Waals surface area contributed by atoms with Crippen LogP contribution >= 0.6 is 39.3 Å². The number of benzene rings is 2. The van der Waals surface area contributed by atoms with Gasteiger partial charge in [-0.3, -0.25) is 4.79 Å². The summed E-state index contributed by atoms with van der Waals surface area (Å²) >= 11 is 11.1. The smallest absolute Gasteiger partial charge is 0.337 e. The molecule has 4 rings (SSSR count). The van der Waals surface area contributed by atoms with Crippen molar-refractivity contribution in [2.45, 2.75) is 13.8 Å². The highest BCUT2D eigenvalue weighted by atomic mass is 79.9. The lowest BCUT2D eigenvalue weighted by atomic mass is 10.1. The number of aryl methyl sites for hydroxylation is 2. The fraction of sp³-hybridized carbons (Fsp3) is 0.125. The van der Waals surface area contributed by atoms with Crippen LogP contribution in [0.2, 0.25) is 5.02 Å². The molecule has 9 heteroatoms. The lowest BCUT2D eigenvalue weighted by Crippen LogP contribution is -2.19. The van der Waals surface area contributed by atoms with Crippen LogP contribution in [0.15, 0.2) is 61.3 Å². The van der Waals surface area contributed by atoms with Crippen molar-refractivity contribution in [2.75, 3.05) is 7.11 Å². The van der Waals surface area contributed by atoms with E-state index in [4.69, 9.17) is 20.8 Å². The van der Waals surface area contributed by atoms with Crippen LogP contribution in [0.3, 0.4) is 0 Å². The van der Waals surface area contributed by atoms with Gasteiger partial charge in [0.1, 0.15) is 11.5 Å². The molecule has 1 aliphatic heterocycles. The molecule has 0 spiro atoms. The molecule has 1 aliphatic rings. The average Bonchev–Trinajstić information content (AvgIpc) is 3.38. The Morgan fingerprint density at radius 1 is 1.18 bits per heavy atom. The molecule has 1 N–H and O–H groups in total. The van der Waals surface area contributed by atoms with Crippen molar-refractivity contribution in [3.8, 4) is 11.3 Å². The van der Waals surface area contributed by atoms with Gasteiger partial charge in [0.05, 0.1) is 28.3 Å². The second-order valence-electron chi connectivity index (χ2n) is 7.26. The summed E-state index contributed by atoms with van der Waals surface area (Å²) in [4.78, 5) is 29.3. The summed E-state index contributed by atoms with van der Waals surface area (Å²) in [7, 11) is 1.31. The molecule has 1 fully saturated rings. The van der Waals surface area contributed by atoms with Crippen molar-refractivity contribution in [1.82, 2.24) is 5.32 Å². The summed E-state index contributed by atoms with van der Waals surface area (Å²) in [5.74, 6) is 0.214. The van der Waals surface area contributed by atoms with Gasteiger partial charge in [-0.25, -0.2) is 9.79 Å². The lowest BCUT2D eigenvalue weighted by Gasteiger charge is -2.04. The number of ether oxygens (including phenoxy) is 1. The van der Waals surface area contributed by atoms with Gasteiger partial charge in [-0.15, -0.1) is 0 Å². The largest absolute Gasteiger partial charge is 0.465 e. The number of methoxy groups -OCH3 is 1. The molecule has 33 heavy (non-hydrogen) atoms. The first-order valence-corrected chi connectivity index (χ1v) is 11.8. The highest BCUT2D eigenvalue weighted by Gasteiger charge is 2.24. The number of rotatable bonds is 4. The van der Waals surface area contributed by atoms with Gasteiger partial charge in [0, 0.05) is 16.1 Å². The van der Waals surface area contributed by atoms with E-state index in [1.165, 1.54) is 18.9 Å². The van der Waals surface area contributed by atoms with Gasteiger partial charge >= 0.3 is 5.97 Å². The molecule has 1 aromatic heterocycles. The first-order chi connectivity index (χ1) is 15.7. The average molecular weight is 546 g/mol. The second-order valence-corrected chi connectivity index (χ2v) is 9.49. The van der Waals surface area contributed by atoms with Crippen LogP contribution in [-0.4, -0.2) is 24.2 Å². The van der Waals surface area contributed by atoms with Crippen molar-refractivity contribution >= 4 is 68.1 Å². The Bertz CT molecular complexity index is 1320. The Kier molecular flexibility index (Phi) is 6.78. The number of aliphatic imine (C=N–C) groups is 1. The fourth-order valence-corrected chi connectivity index (χ4v) is 4.51. The van der Waals surface area contributed by atoms with E-state index in [0.29, 0.717) is 37.7 Å². The lowest BCUT2D eigenvalue weighted by molar-refractivity contribution is -0.115. The van der Waals surface area contributed by atoms with E-state index in [2.05, 4.69) is 26.2 Å². The number of carbonyl (C=O) groups excluding carboxylic acids is 2. The molecule has 0 bridgehead atoms. The molecule has 0 aliphatic carbocycles. The number of halogens is 2. The first kappa shape index (κ1) is 23.4. The molecule has 168 valence electrons. The van der Waals surface area contributed by atoms with Crippen molar-refractivity contribution in [2.24, 2.45) is 4.99 Å². The summed E-state index contributed by atoms with van der Waals surface area (Å²) in [5, 5.41) is 3.70. The number of hydrogen-bond donors (Lipinski definition) is 1. The highest BCUT2D eigenvalue weighted by molar-refractivity contribution is 9.10. The van der Waals surface area contributed by atoms with Crippen LogP contribution in [0, 0.1) is 13.8 Å². The molecule has 1 saturated heterocycles. The zero-order chi connectivity index (χ0) is 23.7. The third-order valence-corrected chi connectivity index (χ3v) is 7.35. The Labute approximate surface area is 208 Å². The Morgan fingerprint density at radius 2 is 1.91 bits per heavy atom. The number of hydrogen-bond acceptors (Lipinski definition) is 6. The van der Waals surface area contributed by atoms with Crippen LogP contribution in [0.25, 0.3) is 17.4 Å². The van der Waals surface area contributed by atoms with Crippen molar-refractivity contribution < 1.29 is 18.7 Å². The van der Waals surface area contributed by atoms with Crippen LogP contribution in [0.5, 0.6) is 0 Å². The minimum atomic E-state index is -0.469. The standard InChI is InChI=1S/C24H18BrClN2O4S/c1-12-8-15(9-13(2)21(12)25)27-24-28-22(29)20(33-24)11-16-5-7-19(32-16)17-10-14(23(30)31-3)4-6-18(17)26/h4-11H,1-3H3,(H,27,28,29)/b20-11-. The summed E-state index contributed by atoms with van der Waals surface area (Å²) in [6.07, 6.45) is 1.64. The molecule has 2 aromatic carbocycles. The molecule has 0 unspecified atom stereocenters. The van der Waals surface area contributed by atoms with E-state index in [1.807, 2.05) is 26.0 Å². The number of nitrogens with one attached hydrogen (secondary N) is 1. The maximum absolute atomic E-state index is 12.4. The Morgan fingerprint density at radius 3 is 2.61 bits per heavy atom. The first-order valence-electron chi connectivity index (χ1n) is 9.79. The third-order valence-electron chi connectivity index (χ3n) is 4.86. The van der Waals surface area contributed by atoms with Crippen molar-refractivity contribution in [3.05, 3.63) is 79.3 Å². The maximum Gasteiger partial charge on any atom is 0.337 e. The molecular weight excluding hydrogens is 528 g/mol. The van der Waals surface area contributed by atoms with Crippen LogP contribution in [-0.2, 0) is 9.53 Å². The number of amidine groups is 1. The highest BCUT2D eigenvalue weighted by Crippen LogP contribution is 2.34. The van der Waals surface area contributed by atoms with Gasteiger partial charge in [-0.2, -0.15) is 0 Å². The van der Waals surface area contributed by atoms with Crippen LogP contribution in [0.4, 0.5) is 5.69 Å². The maximum atomic E-state index is 12.4. The molecule has 3 aromatic rings. The van der Waals surface area contributed by atoms with Gasteiger partial charge < -0.3 is 14.5 Å². The van der Waals surface area contributed by atoms with Crippen LogP contribution < -0.4 is 5.32 Å². The molecule has 0 atom stereocenters. The zero-order valence-corrected chi connectivity index (χ0v) is 21.0. The van der Waals surface area contributed by atoms with Crippen molar-refractivity contribution in [1.29, 1.82) is 0 Å². The Balaban J connectivity index is 1.58. The number of esters is 1. The number of amides is 1. The summed E-state index contributed by atoms with van der Waals surface area (Å²) < 4.78 is 11.7. The Hall–Kier alpha value is -2.81. The predicted molar refractivity (Wildman–Crippen MR) is 135 cm³/mol. The molecule has 1 amide bonds. The SMILES string of the molecule is COC(=O)c1ccc(Cl)c(-c2ccc(/C=C3\SC(=Nc4cc(C)c(Br)c(C)c4)NC3=O)o2)c1. The van der Waals surface area contributed by atoms with Crippen molar-refractivity contribution in [3.63, 3.8) is 0 Å². The normalized spacial score (nSPS) is 15.8. The molecule has 0 saturated carbocycles. The number of nitrogens with zero attached hydrogens (tertiary/aromatic N) is 1. The summed E-state index contributed by atoms with van der Waals surface area (Å²) in [5.41, 5.74) is 3.81. The van der Waals surface area contributed by atoms with Gasteiger partial charge in [0.15, 0.2) is 5.17 Å². The monoisotopic (exact) mass is 544 g/mol. The number of carbonyl (C=O) groups is 2. The minimum absolute atomic E-state index is 0.257. The predicted octanol–water partition coefficient (Wildman–Crippen LogP) is 6.66. The van der Waals surface area contributed by atoms with Gasteiger partial charge in [-0.1, -0.05) is 27.5 Å². The van der Waals surface area contributed by atoms with Crippen LogP contribution in [0.1, 0.15) is 27.2 Å². The molecule has 2 heterocycles. The summed E-state index contributed by atoms with van der Waals surface area (Å²) in [6, 6.07) is 12.2. The van der Waals surface area contributed by atoms with E-state index >= 15 is 0 Å². The third kappa shape index (κ3) is 5.08. The molecule has 0 radical (unpaired) electrons. The minimum Gasteiger partial charge on any atom is -0.465 e. The fourth-order valence-electron chi connectivity index (χ4n) is 3.25.